The first kappa shape index (κ1) is 14.9. The SMILES string of the molecule is CNCC(C(C)C)C(C1CCOCC1)N(C)C. The molecule has 0 aromatic rings. The van der Waals surface area contributed by atoms with Crippen molar-refractivity contribution in [2.45, 2.75) is 32.7 Å². The summed E-state index contributed by atoms with van der Waals surface area (Å²) in [5.74, 6) is 2.23. The van der Waals surface area contributed by atoms with Crippen LogP contribution in [0.25, 0.3) is 0 Å². The lowest BCUT2D eigenvalue weighted by molar-refractivity contribution is 0.0132. The quantitative estimate of drug-likeness (QED) is 0.769. The van der Waals surface area contributed by atoms with Gasteiger partial charge in [0.05, 0.1) is 0 Å². The van der Waals surface area contributed by atoms with E-state index in [0.29, 0.717) is 6.04 Å². The minimum absolute atomic E-state index is 0.673. The van der Waals surface area contributed by atoms with Crippen LogP contribution in [0.1, 0.15) is 26.7 Å². The zero-order valence-electron chi connectivity index (χ0n) is 12.2. The largest absolute Gasteiger partial charge is 0.381 e. The minimum Gasteiger partial charge on any atom is -0.381 e. The Morgan fingerprint density at radius 2 is 1.82 bits per heavy atom. The number of hydrogen-bond donors (Lipinski definition) is 1. The van der Waals surface area contributed by atoms with E-state index in [9.17, 15) is 0 Å². The average Bonchev–Trinajstić information content (AvgIpc) is 2.29. The molecule has 0 amide bonds. The summed E-state index contributed by atoms with van der Waals surface area (Å²) in [6, 6.07) is 0.673. The van der Waals surface area contributed by atoms with Crippen LogP contribution in [0.5, 0.6) is 0 Å². The Morgan fingerprint density at radius 3 is 2.24 bits per heavy atom. The fourth-order valence-corrected chi connectivity index (χ4v) is 3.20. The van der Waals surface area contributed by atoms with E-state index in [4.69, 9.17) is 4.74 Å². The van der Waals surface area contributed by atoms with Gasteiger partial charge in [0.15, 0.2) is 0 Å². The van der Waals surface area contributed by atoms with Gasteiger partial charge < -0.3 is 15.0 Å². The van der Waals surface area contributed by atoms with E-state index in [1.54, 1.807) is 0 Å². The number of nitrogens with one attached hydrogen (secondary N) is 1. The molecule has 0 spiro atoms. The Kier molecular flexibility index (Phi) is 6.45. The molecule has 3 nitrogen and oxygen atoms in total. The van der Waals surface area contributed by atoms with Gasteiger partial charge in [-0.25, -0.2) is 0 Å². The molecule has 1 aliphatic heterocycles. The summed E-state index contributed by atoms with van der Waals surface area (Å²) in [5, 5.41) is 3.37. The topological polar surface area (TPSA) is 24.5 Å². The van der Waals surface area contributed by atoms with E-state index in [-0.39, 0.29) is 0 Å². The molecule has 2 unspecified atom stereocenters. The van der Waals surface area contributed by atoms with Crippen LogP contribution >= 0.6 is 0 Å². The number of rotatable bonds is 6. The molecule has 1 aliphatic rings. The first-order chi connectivity index (χ1) is 8.07. The van der Waals surface area contributed by atoms with Gasteiger partial charge in [0.2, 0.25) is 0 Å². The number of nitrogens with zero attached hydrogens (tertiary/aromatic N) is 1. The Hall–Kier alpha value is -0.120. The standard InChI is InChI=1S/C14H30N2O/c1-11(2)13(10-15-3)14(16(4)5)12-6-8-17-9-7-12/h11-15H,6-10H2,1-5H3. The van der Waals surface area contributed by atoms with Gasteiger partial charge in [-0.05, 0) is 58.3 Å². The third-order valence-electron chi connectivity index (χ3n) is 4.08. The molecule has 1 N–H and O–H groups in total. The Bertz CT molecular complexity index is 200. The van der Waals surface area contributed by atoms with E-state index >= 15 is 0 Å². The lowest BCUT2D eigenvalue weighted by Gasteiger charge is -2.41. The first-order valence-electron chi connectivity index (χ1n) is 6.96. The van der Waals surface area contributed by atoms with Crippen LogP contribution < -0.4 is 5.32 Å². The average molecular weight is 242 g/mol. The van der Waals surface area contributed by atoms with Gasteiger partial charge >= 0.3 is 0 Å². The molecule has 0 aromatic carbocycles. The van der Waals surface area contributed by atoms with Gasteiger partial charge in [-0.15, -0.1) is 0 Å². The van der Waals surface area contributed by atoms with Gasteiger partial charge in [0.1, 0.15) is 0 Å². The van der Waals surface area contributed by atoms with Gasteiger partial charge in [-0.2, -0.15) is 0 Å². The maximum atomic E-state index is 5.50. The zero-order chi connectivity index (χ0) is 12.8. The molecule has 2 atom stereocenters. The number of hydrogen-bond acceptors (Lipinski definition) is 3. The second-order valence-electron chi connectivity index (χ2n) is 5.87. The summed E-state index contributed by atoms with van der Waals surface area (Å²) in [5.41, 5.74) is 0. The van der Waals surface area contributed by atoms with E-state index < -0.39 is 0 Å². The van der Waals surface area contributed by atoms with Crippen molar-refractivity contribution < 1.29 is 4.74 Å². The summed E-state index contributed by atoms with van der Waals surface area (Å²) in [6.07, 6.45) is 2.44. The van der Waals surface area contributed by atoms with Crippen molar-refractivity contribution in [2.75, 3.05) is 40.9 Å². The van der Waals surface area contributed by atoms with Crippen molar-refractivity contribution in [2.24, 2.45) is 17.8 Å². The van der Waals surface area contributed by atoms with Crippen LogP contribution in [-0.4, -0.2) is 51.8 Å². The molecule has 0 bridgehead atoms. The van der Waals surface area contributed by atoms with Crippen LogP contribution in [0.15, 0.2) is 0 Å². The van der Waals surface area contributed by atoms with Crippen LogP contribution in [0.2, 0.25) is 0 Å². The van der Waals surface area contributed by atoms with E-state index in [1.165, 1.54) is 12.8 Å². The van der Waals surface area contributed by atoms with Crippen LogP contribution in [0.3, 0.4) is 0 Å². The Balaban J connectivity index is 2.73. The van der Waals surface area contributed by atoms with E-state index in [2.05, 4.69) is 45.2 Å². The highest BCUT2D eigenvalue weighted by atomic mass is 16.5. The molecule has 3 heteroatoms. The van der Waals surface area contributed by atoms with Crippen LogP contribution in [0, 0.1) is 17.8 Å². The molecular formula is C14H30N2O. The zero-order valence-corrected chi connectivity index (χ0v) is 12.2. The van der Waals surface area contributed by atoms with Gasteiger partial charge in [0, 0.05) is 19.3 Å². The molecule has 0 aliphatic carbocycles. The van der Waals surface area contributed by atoms with Gasteiger partial charge in [-0.1, -0.05) is 13.8 Å². The molecule has 0 saturated carbocycles. The Morgan fingerprint density at radius 1 is 1.24 bits per heavy atom. The van der Waals surface area contributed by atoms with Crippen molar-refractivity contribution >= 4 is 0 Å². The van der Waals surface area contributed by atoms with Crippen molar-refractivity contribution in [3.05, 3.63) is 0 Å². The summed E-state index contributed by atoms with van der Waals surface area (Å²) in [7, 11) is 6.52. The maximum absolute atomic E-state index is 5.50. The molecular weight excluding hydrogens is 212 g/mol. The van der Waals surface area contributed by atoms with E-state index in [0.717, 1.165) is 37.5 Å². The summed E-state index contributed by atoms with van der Waals surface area (Å²) in [6.45, 7) is 7.69. The van der Waals surface area contributed by atoms with E-state index in [1.807, 2.05) is 0 Å². The predicted octanol–water partition coefficient (Wildman–Crippen LogP) is 1.83. The number of ether oxygens (including phenoxy) is 1. The van der Waals surface area contributed by atoms with Crippen molar-refractivity contribution in [1.82, 2.24) is 10.2 Å². The highest BCUT2D eigenvalue weighted by Crippen LogP contribution is 2.30. The monoisotopic (exact) mass is 242 g/mol. The lowest BCUT2D eigenvalue weighted by Crippen LogP contribution is -2.48. The molecule has 0 aromatic heterocycles. The normalized spacial score (nSPS) is 22.1. The van der Waals surface area contributed by atoms with Gasteiger partial charge in [0.25, 0.3) is 0 Å². The minimum atomic E-state index is 0.673. The van der Waals surface area contributed by atoms with Crippen molar-refractivity contribution in [3.63, 3.8) is 0 Å². The Labute approximate surface area is 107 Å². The smallest absolute Gasteiger partial charge is 0.0469 e. The highest BCUT2D eigenvalue weighted by molar-refractivity contribution is 4.87. The molecule has 0 radical (unpaired) electrons. The maximum Gasteiger partial charge on any atom is 0.0469 e. The fraction of sp³-hybridized carbons (Fsp3) is 1.00. The highest BCUT2D eigenvalue weighted by Gasteiger charge is 2.33. The first-order valence-corrected chi connectivity index (χ1v) is 6.96. The third kappa shape index (κ3) is 4.23. The fourth-order valence-electron chi connectivity index (χ4n) is 3.20. The second kappa shape index (κ2) is 7.34. The summed E-state index contributed by atoms with van der Waals surface area (Å²) < 4.78 is 5.50. The molecule has 1 saturated heterocycles. The summed E-state index contributed by atoms with van der Waals surface area (Å²) in [4.78, 5) is 2.43. The molecule has 1 heterocycles. The van der Waals surface area contributed by atoms with Crippen LogP contribution in [0.4, 0.5) is 0 Å². The van der Waals surface area contributed by atoms with Crippen molar-refractivity contribution in [1.29, 1.82) is 0 Å². The second-order valence-corrected chi connectivity index (χ2v) is 5.87. The van der Waals surface area contributed by atoms with Crippen molar-refractivity contribution in [3.8, 4) is 0 Å². The van der Waals surface area contributed by atoms with Gasteiger partial charge in [-0.3, -0.25) is 0 Å². The molecule has 1 fully saturated rings. The van der Waals surface area contributed by atoms with Crippen LogP contribution in [-0.2, 0) is 4.74 Å². The predicted molar refractivity (Wildman–Crippen MR) is 73.3 cm³/mol. The molecule has 1 rings (SSSR count). The summed E-state index contributed by atoms with van der Waals surface area (Å²) >= 11 is 0. The lowest BCUT2D eigenvalue weighted by atomic mass is 9.77. The molecule has 17 heavy (non-hydrogen) atoms. The third-order valence-corrected chi connectivity index (χ3v) is 4.08. The molecule has 102 valence electrons.